The van der Waals surface area contributed by atoms with Crippen LogP contribution in [0.5, 0.6) is 0 Å². The van der Waals surface area contributed by atoms with E-state index >= 15 is 0 Å². The number of alkyl halides is 3. The Kier molecular flexibility index (Phi) is 5.83. The van der Waals surface area contributed by atoms with Gasteiger partial charge in [-0.2, -0.15) is 13.2 Å². The van der Waals surface area contributed by atoms with Gasteiger partial charge in [-0.1, -0.05) is 17.7 Å². The summed E-state index contributed by atoms with van der Waals surface area (Å²) in [4.78, 5) is 18.1. The summed E-state index contributed by atoms with van der Waals surface area (Å²) in [6, 6.07) is 12.0. The molecule has 0 aliphatic heterocycles. The molecule has 1 fully saturated rings. The van der Waals surface area contributed by atoms with Gasteiger partial charge < -0.3 is 10.2 Å². The van der Waals surface area contributed by atoms with Crippen molar-refractivity contribution in [2.45, 2.75) is 43.9 Å². The SMILES string of the molecule is CN(c1cccc2nc(C(F)(F)F)cn12)[C@H]1CC[C@@H](NC(=O)c2ccc(Cl)cc2)CC1. The fraction of sp³-hybridized carbons (Fsp3) is 0.364. The smallest absolute Gasteiger partial charge is 0.358 e. The van der Waals surface area contributed by atoms with Crippen LogP contribution in [0, 0.1) is 0 Å². The van der Waals surface area contributed by atoms with E-state index in [4.69, 9.17) is 11.6 Å². The van der Waals surface area contributed by atoms with Crippen molar-refractivity contribution in [3.05, 3.63) is 64.9 Å². The molecule has 1 N–H and O–H groups in total. The molecule has 164 valence electrons. The fourth-order valence-corrected chi connectivity index (χ4v) is 4.21. The lowest BCUT2D eigenvalue weighted by Gasteiger charge is -2.36. The predicted octanol–water partition coefficient (Wildman–Crippen LogP) is 5.18. The molecule has 2 aromatic heterocycles. The minimum atomic E-state index is -4.48. The minimum Gasteiger partial charge on any atom is -0.358 e. The van der Waals surface area contributed by atoms with Gasteiger partial charge in [0.25, 0.3) is 5.91 Å². The summed E-state index contributed by atoms with van der Waals surface area (Å²) in [5.74, 6) is 0.533. The molecule has 1 saturated carbocycles. The van der Waals surface area contributed by atoms with Gasteiger partial charge in [0, 0.05) is 35.9 Å². The Bertz CT molecular complexity index is 1070. The number of hydrogen-bond donors (Lipinski definition) is 1. The van der Waals surface area contributed by atoms with E-state index in [0.29, 0.717) is 16.4 Å². The van der Waals surface area contributed by atoms with Gasteiger partial charge in [0.2, 0.25) is 0 Å². The third-order valence-corrected chi connectivity index (χ3v) is 6.06. The van der Waals surface area contributed by atoms with Crippen molar-refractivity contribution >= 4 is 29.0 Å². The van der Waals surface area contributed by atoms with Crippen molar-refractivity contribution in [2.24, 2.45) is 0 Å². The van der Waals surface area contributed by atoms with Crippen LogP contribution in [0.3, 0.4) is 0 Å². The summed E-state index contributed by atoms with van der Waals surface area (Å²) in [5.41, 5.74) is -0.0709. The third-order valence-electron chi connectivity index (χ3n) is 5.81. The molecular weight excluding hydrogens is 429 g/mol. The number of aromatic nitrogens is 2. The Morgan fingerprint density at radius 3 is 2.45 bits per heavy atom. The second-order valence-electron chi connectivity index (χ2n) is 7.83. The van der Waals surface area contributed by atoms with Gasteiger partial charge >= 0.3 is 6.18 Å². The molecule has 1 amide bonds. The maximum absolute atomic E-state index is 13.1. The van der Waals surface area contributed by atoms with Gasteiger partial charge in [0.15, 0.2) is 5.69 Å². The number of hydrogen-bond acceptors (Lipinski definition) is 3. The highest BCUT2D eigenvalue weighted by Crippen LogP contribution is 2.31. The van der Waals surface area contributed by atoms with E-state index < -0.39 is 11.9 Å². The molecule has 9 heteroatoms. The molecule has 1 aliphatic carbocycles. The average Bonchev–Trinajstić information content (AvgIpc) is 3.19. The molecule has 0 atom stereocenters. The number of carbonyl (C=O) groups is 1. The number of nitrogens with zero attached hydrogens (tertiary/aromatic N) is 3. The lowest BCUT2D eigenvalue weighted by molar-refractivity contribution is -0.140. The van der Waals surface area contributed by atoms with Crippen LogP contribution in [0.15, 0.2) is 48.7 Å². The maximum atomic E-state index is 13.1. The third kappa shape index (κ3) is 4.63. The van der Waals surface area contributed by atoms with Crippen LogP contribution in [-0.4, -0.2) is 34.4 Å². The molecule has 4 rings (SSSR count). The Labute approximate surface area is 182 Å². The van der Waals surface area contributed by atoms with Gasteiger partial charge in [0.1, 0.15) is 11.5 Å². The van der Waals surface area contributed by atoms with E-state index in [1.165, 1.54) is 4.40 Å². The first-order valence-corrected chi connectivity index (χ1v) is 10.4. The number of imidazole rings is 1. The van der Waals surface area contributed by atoms with Gasteiger partial charge in [0.05, 0.1) is 0 Å². The first-order chi connectivity index (χ1) is 14.7. The van der Waals surface area contributed by atoms with Crippen molar-refractivity contribution < 1.29 is 18.0 Å². The van der Waals surface area contributed by atoms with E-state index in [0.717, 1.165) is 31.9 Å². The Morgan fingerprint density at radius 2 is 1.81 bits per heavy atom. The molecule has 0 unspecified atom stereocenters. The molecule has 1 aliphatic rings. The Hall–Kier alpha value is -2.74. The second-order valence-corrected chi connectivity index (χ2v) is 8.27. The van der Waals surface area contributed by atoms with Crippen LogP contribution in [0.4, 0.5) is 19.0 Å². The number of benzene rings is 1. The summed E-state index contributed by atoms with van der Waals surface area (Å²) >= 11 is 5.87. The number of pyridine rings is 1. The standard InChI is InChI=1S/C22H22ClF3N4O/c1-29(20-4-2-3-19-28-18(13-30(19)20)22(24,25)26)17-11-9-16(10-12-17)27-21(31)14-5-7-15(23)8-6-14/h2-8,13,16-17H,9-12H2,1H3,(H,27,31)/t16-,17+. The van der Waals surface area contributed by atoms with E-state index in [2.05, 4.69) is 10.3 Å². The topological polar surface area (TPSA) is 49.6 Å². The molecule has 2 heterocycles. The summed E-state index contributed by atoms with van der Waals surface area (Å²) in [6.45, 7) is 0. The van der Waals surface area contributed by atoms with E-state index in [1.807, 2.05) is 11.9 Å². The molecule has 1 aromatic carbocycles. The van der Waals surface area contributed by atoms with Crippen molar-refractivity contribution in [3.63, 3.8) is 0 Å². The minimum absolute atomic E-state index is 0.0636. The summed E-state index contributed by atoms with van der Waals surface area (Å²) in [7, 11) is 1.89. The molecule has 5 nitrogen and oxygen atoms in total. The maximum Gasteiger partial charge on any atom is 0.434 e. The number of anilines is 1. The zero-order chi connectivity index (χ0) is 22.2. The highest BCUT2D eigenvalue weighted by atomic mass is 35.5. The van der Waals surface area contributed by atoms with Gasteiger partial charge in [-0.3, -0.25) is 9.20 Å². The zero-order valence-electron chi connectivity index (χ0n) is 16.9. The van der Waals surface area contributed by atoms with Crippen LogP contribution >= 0.6 is 11.6 Å². The van der Waals surface area contributed by atoms with Crippen molar-refractivity contribution in [1.29, 1.82) is 0 Å². The highest BCUT2D eigenvalue weighted by molar-refractivity contribution is 6.30. The van der Waals surface area contributed by atoms with E-state index in [-0.39, 0.29) is 23.6 Å². The van der Waals surface area contributed by atoms with E-state index in [1.54, 1.807) is 42.5 Å². The number of carbonyl (C=O) groups excluding carboxylic acids is 1. The Balaban J connectivity index is 1.41. The second kappa shape index (κ2) is 8.42. The molecule has 0 radical (unpaired) electrons. The van der Waals surface area contributed by atoms with E-state index in [9.17, 15) is 18.0 Å². The number of halogens is 4. The molecule has 0 spiro atoms. The Morgan fingerprint density at radius 1 is 1.13 bits per heavy atom. The molecule has 31 heavy (non-hydrogen) atoms. The largest absolute Gasteiger partial charge is 0.434 e. The number of nitrogens with one attached hydrogen (secondary N) is 1. The molecule has 0 saturated heterocycles. The van der Waals surface area contributed by atoms with Gasteiger partial charge in [-0.05, 0) is 62.1 Å². The van der Waals surface area contributed by atoms with Crippen LogP contribution < -0.4 is 10.2 Å². The quantitative estimate of drug-likeness (QED) is 0.595. The lowest BCUT2D eigenvalue weighted by Crippen LogP contribution is -2.43. The number of amides is 1. The van der Waals surface area contributed by atoms with Crippen molar-refractivity contribution in [2.75, 3.05) is 11.9 Å². The molecular formula is C22H22ClF3N4O. The summed E-state index contributed by atoms with van der Waals surface area (Å²) < 4.78 is 40.7. The van der Waals surface area contributed by atoms with Gasteiger partial charge in [-0.25, -0.2) is 4.98 Å². The monoisotopic (exact) mass is 450 g/mol. The fourth-order valence-electron chi connectivity index (χ4n) is 4.08. The summed E-state index contributed by atoms with van der Waals surface area (Å²) in [6.07, 6.45) is -0.218. The van der Waals surface area contributed by atoms with Crippen LogP contribution in [0.2, 0.25) is 5.02 Å². The van der Waals surface area contributed by atoms with Crippen molar-refractivity contribution in [1.82, 2.24) is 14.7 Å². The normalized spacial score (nSPS) is 19.4. The summed E-state index contributed by atoms with van der Waals surface area (Å²) in [5, 5.41) is 3.64. The number of fused-ring (bicyclic) bond motifs is 1. The van der Waals surface area contributed by atoms with Crippen LogP contribution in [-0.2, 0) is 6.18 Å². The first-order valence-electron chi connectivity index (χ1n) is 10.1. The first kappa shape index (κ1) is 21.5. The predicted molar refractivity (Wildman–Crippen MR) is 114 cm³/mol. The number of rotatable bonds is 4. The van der Waals surface area contributed by atoms with Crippen molar-refractivity contribution in [3.8, 4) is 0 Å². The molecule has 0 bridgehead atoms. The van der Waals surface area contributed by atoms with Crippen LogP contribution in [0.25, 0.3) is 5.65 Å². The zero-order valence-corrected chi connectivity index (χ0v) is 17.6. The molecule has 3 aromatic rings. The highest BCUT2D eigenvalue weighted by Gasteiger charge is 2.34. The average molecular weight is 451 g/mol. The van der Waals surface area contributed by atoms with Gasteiger partial charge in [-0.15, -0.1) is 0 Å². The lowest BCUT2D eigenvalue weighted by atomic mass is 9.90. The van der Waals surface area contributed by atoms with Crippen LogP contribution in [0.1, 0.15) is 41.7 Å².